The number of ether oxygens (including phenoxy) is 1. The molecule has 0 radical (unpaired) electrons. The number of hydrogen-bond donors (Lipinski definition) is 0. The Balaban J connectivity index is 1.69. The minimum absolute atomic E-state index is 0.0580. The van der Waals surface area contributed by atoms with Gasteiger partial charge < -0.3 is 4.74 Å². The lowest BCUT2D eigenvalue weighted by molar-refractivity contribution is -0.148. The first-order valence-corrected chi connectivity index (χ1v) is 10.3. The maximum absolute atomic E-state index is 12.5. The first-order chi connectivity index (χ1) is 13.9. The molecule has 0 aliphatic heterocycles. The lowest BCUT2D eigenvalue weighted by Crippen LogP contribution is -2.28. The van der Waals surface area contributed by atoms with Gasteiger partial charge in [-0.3, -0.25) is 4.79 Å². The Kier molecular flexibility index (Phi) is 6.78. The molecule has 0 aliphatic rings. The smallest absolute Gasteiger partial charge is 0.331 e. The summed E-state index contributed by atoms with van der Waals surface area (Å²) in [4.78, 5) is 23.4. The van der Waals surface area contributed by atoms with Crippen molar-refractivity contribution in [3.63, 3.8) is 0 Å². The molecule has 0 N–H and O–H groups in total. The van der Waals surface area contributed by atoms with Crippen molar-refractivity contribution in [2.24, 2.45) is 0 Å². The Bertz CT molecular complexity index is 981. The molecule has 29 heavy (non-hydrogen) atoms. The third-order valence-electron chi connectivity index (χ3n) is 4.47. The second-order valence-corrected chi connectivity index (χ2v) is 8.77. The van der Waals surface area contributed by atoms with E-state index in [2.05, 4.69) is 0 Å². The van der Waals surface area contributed by atoms with Crippen LogP contribution in [0.1, 0.15) is 25.0 Å². The Morgan fingerprint density at radius 3 is 2.00 bits per heavy atom. The van der Waals surface area contributed by atoms with Crippen molar-refractivity contribution >= 4 is 34.4 Å². The van der Waals surface area contributed by atoms with Gasteiger partial charge in [-0.2, -0.15) is 0 Å². The number of benzene rings is 3. The molecule has 5 heteroatoms. The standard InChI is InChI=1S/C24H21ClO3S/c1-17(26)29-22-14-10-20(11-15-22)19-8-12-21(13-9-19)24(2,25)23(27)28-16-18-6-4-3-5-7-18/h3-15H,16H2,1-2H3. The van der Waals surface area contributed by atoms with Gasteiger partial charge in [-0.05, 0) is 41.3 Å². The summed E-state index contributed by atoms with van der Waals surface area (Å²) in [5.74, 6) is -0.485. The van der Waals surface area contributed by atoms with E-state index in [1.807, 2.05) is 78.9 Å². The molecule has 0 heterocycles. The molecule has 0 amide bonds. The van der Waals surface area contributed by atoms with E-state index in [4.69, 9.17) is 16.3 Å². The van der Waals surface area contributed by atoms with Crippen LogP contribution in [0.15, 0.2) is 83.8 Å². The van der Waals surface area contributed by atoms with Gasteiger partial charge in [0.15, 0.2) is 9.99 Å². The fraction of sp³-hybridized carbons (Fsp3) is 0.167. The van der Waals surface area contributed by atoms with Crippen molar-refractivity contribution in [2.75, 3.05) is 0 Å². The molecule has 148 valence electrons. The van der Waals surface area contributed by atoms with Crippen LogP contribution >= 0.6 is 23.4 Å². The quantitative estimate of drug-likeness (QED) is 0.269. The van der Waals surface area contributed by atoms with E-state index < -0.39 is 10.8 Å². The highest BCUT2D eigenvalue weighted by Crippen LogP contribution is 2.32. The Morgan fingerprint density at radius 1 is 0.897 bits per heavy atom. The second-order valence-electron chi connectivity index (χ2n) is 6.76. The Hall–Kier alpha value is -2.56. The second kappa shape index (κ2) is 9.29. The van der Waals surface area contributed by atoms with E-state index in [0.29, 0.717) is 5.56 Å². The Morgan fingerprint density at radius 2 is 1.45 bits per heavy atom. The first kappa shape index (κ1) is 21.2. The van der Waals surface area contributed by atoms with Crippen molar-refractivity contribution in [3.8, 4) is 11.1 Å². The highest BCUT2D eigenvalue weighted by molar-refractivity contribution is 8.13. The highest BCUT2D eigenvalue weighted by atomic mass is 35.5. The van der Waals surface area contributed by atoms with Gasteiger partial charge in [-0.25, -0.2) is 4.79 Å². The van der Waals surface area contributed by atoms with Crippen molar-refractivity contribution < 1.29 is 14.3 Å². The molecular formula is C24H21ClO3S. The van der Waals surface area contributed by atoms with Gasteiger partial charge in [0, 0.05) is 11.8 Å². The van der Waals surface area contributed by atoms with Crippen LogP contribution in [-0.2, 0) is 25.8 Å². The van der Waals surface area contributed by atoms with Gasteiger partial charge in [0.05, 0.1) is 0 Å². The summed E-state index contributed by atoms with van der Waals surface area (Å²) in [6, 6.07) is 24.8. The zero-order valence-electron chi connectivity index (χ0n) is 16.2. The molecule has 0 aromatic heterocycles. The molecule has 3 nitrogen and oxygen atoms in total. The average molecular weight is 425 g/mol. The van der Waals surface area contributed by atoms with Crippen LogP contribution in [-0.4, -0.2) is 11.1 Å². The zero-order valence-corrected chi connectivity index (χ0v) is 17.8. The Labute approximate surface area is 180 Å². The lowest BCUT2D eigenvalue weighted by Gasteiger charge is -2.21. The molecule has 0 fully saturated rings. The van der Waals surface area contributed by atoms with Crippen LogP contribution in [0.3, 0.4) is 0 Å². The molecule has 0 bridgehead atoms. The van der Waals surface area contributed by atoms with Crippen LogP contribution in [0.2, 0.25) is 0 Å². The average Bonchev–Trinajstić information content (AvgIpc) is 2.73. The third kappa shape index (κ3) is 5.49. The molecule has 3 rings (SSSR count). The molecule has 0 saturated heterocycles. The van der Waals surface area contributed by atoms with Gasteiger partial charge in [-0.15, -0.1) is 11.6 Å². The van der Waals surface area contributed by atoms with Crippen molar-refractivity contribution in [2.45, 2.75) is 30.2 Å². The van der Waals surface area contributed by atoms with E-state index in [0.717, 1.165) is 21.6 Å². The van der Waals surface area contributed by atoms with E-state index in [9.17, 15) is 9.59 Å². The number of rotatable bonds is 6. The molecule has 3 aromatic carbocycles. The highest BCUT2D eigenvalue weighted by Gasteiger charge is 2.34. The van der Waals surface area contributed by atoms with E-state index in [-0.39, 0.29) is 11.7 Å². The number of hydrogen-bond acceptors (Lipinski definition) is 4. The monoisotopic (exact) mass is 424 g/mol. The summed E-state index contributed by atoms with van der Waals surface area (Å²) in [5, 5.41) is 0.0580. The predicted molar refractivity (Wildman–Crippen MR) is 118 cm³/mol. The lowest BCUT2D eigenvalue weighted by atomic mass is 9.97. The number of carbonyl (C=O) groups is 2. The van der Waals surface area contributed by atoms with Crippen LogP contribution in [0.25, 0.3) is 11.1 Å². The summed E-state index contributed by atoms with van der Waals surface area (Å²) in [6.45, 7) is 3.38. The summed E-state index contributed by atoms with van der Waals surface area (Å²) >= 11 is 7.74. The molecular weight excluding hydrogens is 404 g/mol. The first-order valence-electron chi connectivity index (χ1n) is 9.16. The van der Waals surface area contributed by atoms with Crippen LogP contribution in [0, 0.1) is 0 Å². The number of thioether (sulfide) groups is 1. The molecule has 0 saturated carbocycles. The van der Waals surface area contributed by atoms with Crippen LogP contribution in [0.5, 0.6) is 0 Å². The summed E-state index contributed by atoms with van der Waals surface area (Å²) < 4.78 is 5.41. The van der Waals surface area contributed by atoms with E-state index in [1.165, 1.54) is 11.8 Å². The van der Waals surface area contributed by atoms with Crippen molar-refractivity contribution in [1.29, 1.82) is 0 Å². The number of halogens is 1. The van der Waals surface area contributed by atoms with Crippen LogP contribution < -0.4 is 0 Å². The number of alkyl halides is 1. The van der Waals surface area contributed by atoms with Gasteiger partial charge in [0.25, 0.3) is 0 Å². The molecule has 1 unspecified atom stereocenters. The SMILES string of the molecule is CC(=O)Sc1ccc(-c2ccc(C(C)(Cl)C(=O)OCc3ccccc3)cc2)cc1. The van der Waals surface area contributed by atoms with Gasteiger partial charge in [0.2, 0.25) is 0 Å². The maximum Gasteiger partial charge on any atom is 0.331 e. The minimum Gasteiger partial charge on any atom is -0.459 e. The van der Waals surface area contributed by atoms with Crippen molar-refractivity contribution in [1.82, 2.24) is 0 Å². The number of esters is 1. The maximum atomic E-state index is 12.5. The summed E-state index contributed by atoms with van der Waals surface area (Å²) in [6.07, 6.45) is 0. The number of carbonyl (C=O) groups excluding carboxylic acids is 2. The molecule has 1 atom stereocenters. The normalized spacial score (nSPS) is 12.8. The van der Waals surface area contributed by atoms with Crippen LogP contribution in [0.4, 0.5) is 0 Å². The molecule has 3 aromatic rings. The third-order valence-corrected chi connectivity index (χ3v) is 5.64. The molecule has 0 aliphatic carbocycles. The topological polar surface area (TPSA) is 43.4 Å². The summed E-state index contributed by atoms with van der Waals surface area (Å²) in [7, 11) is 0. The predicted octanol–water partition coefficient (Wildman–Crippen LogP) is 6.19. The van der Waals surface area contributed by atoms with Gasteiger partial charge in [0.1, 0.15) is 6.61 Å². The van der Waals surface area contributed by atoms with E-state index >= 15 is 0 Å². The molecule has 0 spiro atoms. The van der Waals surface area contributed by atoms with Gasteiger partial charge in [-0.1, -0.05) is 78.5 Å². The van der Waals surface area contributed by atoms with Gasteiger partial charge >= 0.3 is 5.97 Å². The fourth-order valence-electron chi connectivity index (χ4n) is 2.83. The fourth-order valence-corrected chi connectivity index (χ4v) is 3.62. The van der Waals surface area contributed by atoms with E-state index in [1.54, 1.807) is 13.8 Å². The zero-order chi connectivity index (χ0) is 20.9. The van der Waals surface area contributed by atoms with Crippen molar-refractivity contribution in [3.05, 3.63) is 90.0 Å². The largest absolute Gasteiger partial charge is 0.459 e. The minimum atomic E-state index is -1.27. The summed E-state index contributed by atoms with van der Waals surface area (Å²) in [5.41, 5.74) is 3.60.